The highest BCUT2D eigenvalue weighted by Crippen LogP contribution is 2.34. The fourth-order valence-electron chi connectivity index (χ4n) is 7.18. The number of rotatable bonds is 9. The third-order valence-corrected chi connectivity index (χ3v) is 10.1. The summed E-state index contributed by atoms with van der Waals surface area (Å²) in [5.74, 6) is 7.40. The number of H-pyrrole nitrogens is 2. The summed E-state index contributed by atoms with van der Waals surface area (Å²) in [7, 11) is 2.57. The van der Waals surface area contributed by atoms with Crippen LogP contribution in [0.2, 0.25) is 0 Å². The van der Waals surface area contributed by atoms with Gasteiger partial charge in [0, 0.05) is 24.2 Å². The van der Waals surface area contributed by atoms with Crippen LogP contribution in [0.4, 0.5) is 9.59 Å². The van der Waals surface area contributed by atoms with Crippen molar-refractivity contribution in [1.29, 1.82) is 0 Å². The molecule has 4 aromatic rings. The van der Waals surface area contributed by atoms with Crippen LogP contribution in [-0.2, 0) is 19.1 Å². The van der Waals surface area contributed by atoms with Gasteiger partial charge in [0.1, 0.15) is 23.7 Å². The van der Waals surface area contributed by atoms with Crippen molar-refractivity contribution in [2.24, 2.45) is 11.8 Å². The zero-order chi connectivity index (χ0) is 38.5. The standard InChI is InChI=1S/C40H48N8O6/c1-23(2)33(45-39(51)53-5)37(49)47-19-7-9-31(47)35-41-22-30(44-35)27-16-13-25(14-17-27)11-12-26-15-18-28-29(21-26)43-36(42-28)32-10-8-20-48(32)38(50)34(24(3)4)46-40(52)54-6/h13-18,21-24,31-34H,7-10,19-20H2,1-6H3,(H,41,44)(H,42,43)(H,45,51)(H,46,52)/t31-,32-,33-,34+/m0/s1. The van der Waals surface area contributed by atoms with Crippen molar-refractivity contribution in [3.63, 3.8) is 0 Å². The normalized spacial score (nSPS) is 18.0. The number of hydrogen-bond acceptors (Lipinski definition) is 8. The van der Waals surface area contributed by atoms with E-state index >= 15 is 0 Å². The van der Waals surface area contributed by atoms with Crippen LogP contribution in [0.25, 0.3) is 22.3 Å². The van der Waals surface area contributed by atoms with Crippen molar-refractivity contribution in [2.45, 2.75) is 77.5 Å². The van der Waals surface area contributed by atoms with Gasteiger partial charge in [0.05, 0.1) is 49.2 Å². The molecule has 2 fully saturated rings. The summed E-state index contributed by atoms with van der Waals surface area (Å²) >= 11 is 0. The number of imidazole rings is 2. The highest BCUT2D eigenvalue weighted by Gasteiger charge is 2.39. The van der Waals surface area contributed by atoms with Gasteiger partial charge in [0.25, 0.3) is 0 Å². The SMILES string of the molecule is COC(=O)N[C@H](C(=O)N1CCC[C@H]1c1ncc(-c2ccc(C#Cc3ccc4nc([C@@H]5CCCN5C(=O)[C@H](NC(=O)OC)C(C)C)[nH]c4c3)cc2)[nH]1)C(C)C. The predicted molar refractivity (Wildman–Crippen MR) is 202 cm³/mol. The fourth-order valence-corrected chi connectivity index (χ4v) is 7.18. The lowest BCUT2D eigenvalue weighted by molar-refractivity contribution is -0.136. The van der Waals surface area contributed by atoms with E-state index in [2.05, 4.69) is 37.4 Å². The molecule has 6 rings (SSSR count). The quantitative estimate of drug-likeness (QED) is 0.164. The maximum absolute atomic E-state index is 13.5. The number of fused-ring (bicyclic) bond motifs is 1. The fraction of sp³-hybridized carbons (Fsp3) is 0.450. The van der Waals surface area contributed by atoms with Crippen molar-refractivity contribution in [3.05, 3.63) is 71.4 Å². The van der Waals surface area contributed by atoms with Gasteiger partial charge in [0.2, 0.25) is 11.8 Å². The van der Waals surface area contributed by atoms with Crippen molar-refractivity contribution in [3.8, 4) is 23.1 Å². The van der Waals surface area contributed by atoms with E-state index in [1.54, 1.807) is 16.0 Å². The Kier molecular flexibility index (Phi) is 11.5. The summed E-state index contributed by atoms with van der Waals surface area (Å²) in [6.07, 6.45) is 3.74. The van der Waals surface area contributed by atoms with Crippen LogP contribution in [0.5, 0.6) is 0 Å². The molecule has 2 saturated heterocycles. The van der Waals surface area contributed by atoms with E-state index in [0.29, 0.717) is 24.7 Å². The van der Waals surface area contributed by atoms with Gasteiger partial charge in [-0.15, -0.1) is 0 Å². The second-order valence-corrected chi connectivity index (χ2v) is 14.5. The second-order valence-electron chi connectivity index (χ2n) is 14.5. The molecule has 14 heteroatoms. The molecule has 0 bridgehead atoms. The molecule has 2 aliphatic heterocycles. The average molecular weight is 737 g/mol. The van der Waals surface area contributed by atoms with E-state index in [4.69, 9.17) is 14.5 Å². The number of hydrogen-bond donors (Lipinski definition) is 4. The number of aromatic amines is 2. The Morgan fingerprint density at radius 1 is 0.759 bits per heavy atom. The summed E-state index contributed by atoms with van der Waals surface area (Å²) < 4.78 is 9.49. The molecule has 2 aliphatic rings. The van der Waals surface area contributed by atoms with Crippen molar-refractivity contribution < 1.29 is 28.7 Å². The topological polar surface area (TPSA) is 175 Å². The van der Waals surface area contributed by atoms with Crippen LogP contribution in [0.3, 0.4) is 0 Å². The molecule has 2 aromatic carbocycles. The van der Waals surface area contributed by atoms with Gasteiger partial charge in [-0.1, -0.05) is 51.7 Å². The summed E-state index contributed by atoms with van der Waals surface area (Å²) in [6, 6.07) is 11.9. The third kappa shape index (κ3) is 8.20. The number of nitrogens with zero attached hydrogens (tertiary/aromatic N) is 4. The summed E-state index contributed by atoms with van der Waals surface area (Å²) in [4.78, 5) is 70.8. The van der Waals surface area contributed by atoms with Crippen LogP contribution < -0.4 is 10.6 Å². The number of alkyl carbamates (subject to hydrolysis) is 2. The first kappa shape index (κ1) is 37.9. The maximum atomic E-state index is 13.5. The zero-order valence-corrected chi connectivity index (χ0v) is 31.6. The molecule has 4 amide bonds. The van der Waals surface area contributed by atoms with Gasteiger partial charge in [-0.3, -0.25) is 9.59 Å². The summed E-state index contributed by atoms with van der Waals surface area (Å²) in [5, 5.41) is 5.37. The highest BCUT2D eigenvalue weighted by atomic mass is 16.5. The molecular weight excluding hydrogens is 688 g/mol. The Hall–Kier alpha value is -5.84. The van der Waals surface area contributed by atoms with Crippen LogP contribution >= 0.6 is 0 Å². The van der Waals surface area contributed by atoms with Gasteiger partial charge in [-0.25, -0.2) is 19.6 Å². The summed E-state index contributed by atoms with van der Waals surface area (Å²) in [5.41, 5.74) is 5.05. The average Bonchev–Trinajstić information content (AvgIpc) is 4.00. The van der Waals surface area contributed by atoms with Crippen LogP contribution in [0.15, 0.2) is 48.7 Å². The molecule has 0 aliphatic carbocycles. The minimum absolute atomic E-state index is 0.109. The van der Waals surface area contributed by atoms with E-state index in [-0.39, 0.29) is 35.7 Å². The predicted octanol–water partition coefficient (Wildman–Crippen LogP) is 5.44. The molecule has 4 heterocycles. The molecule has 0 saturated carbocycles. The van der Waals surface area contributed by atoms with Crippen molar-refractivity contribution in [1.82, 2.24) is 40.4 Å². The van der Waals surface area contributed by atoms with Crippen LogP contribution in [0, 0.1) is 23.7 Å². The largest absolute Gasteiger partial charge is 0.453 e. The first-order valence-corrected chi connectivity index (χ1v) is 18.4. The molecule has 0 spiro atoms. The molecule has 2 aromatic heterocycles. The van der Waals surface area contributed by atoms with Gasteiger partial charge in [0.15, 0.2) is 0 Å². The van der Waals surface area contributed by atoms with E-state index in [0.717, 1.165) is 59.1 Å². The molecule has 4 N–H and O–H groups in total. The molecular formula is C40H48N8O6. The van der Waals surface area contributed by atoms with Crippen molar-refractivity contribution >= 4 is 35.0 Å². The molecule has 4 atom stereocenters. The Morgan fingerprint density at radius 3 is 1.85 bits per heavy atom. The lowest BCUT2D eigenvalue weighted by atomic mass is 10.0. The van der Waals surface area contributed by atoms with Crippen LogP contribution in [0.1, 0.15) is 88.2 Å². The molecule has 0 unspecified atom stereocenters. The maximum Gasteiger partial charge on any atom is 0.407 e. The van der Waals surface area contributed by atoms with Crippen molar-refractivity contribution in [2.75, 3.05) is 27.3 Å². The van der Waals surface area contributed by atoms with E-state index in [9.17, 15) is 19.2 Å². The van der Waals surface area contributed by atoms with Gasteiger partial charge in [-0.2, -0.15) is 0 Å². The summed E-state index contributed by atoms with van der Waals surface area (Å²) in [6.45, 7) is 8.75. The molecule has 14 nitrogen and oxygen atoms in total. The minimum atomic E-state index is -0.697. The van der Waals surface area contributed by atoms with E-state index < -0.39 is 24.3 Å². The number of carbonyl (C=O) groups excluding carboxylic acids is 4. The Labute approximate surface area is 314 Å². The van der Waals surface area contributed by atoms with Gasteiger partial charge in [-0.05, 0) is 73.4 Å². The zero-order valence-electron chi connectivity index (χ0n) is 31.6. The lowest BCUT2D eigenvalue weighted by Crippen LogP contribution is -2.51. The number of nitrogens with one attached hydrogen (secondary N) is 4. The number of carbonyl (C=O) groups is 4. The van der Waals surface area contributed by atoms with E-state index in [1.807, 2.05) is 70.2 Å². The van der Waals surface area contributed by atoms with Gasteiger partial charge < -0.3 is 39.9 Å². The Balaban J connectivity index is 1.12. The number of ether oxygens (including phenoxy) is 2. The van der Waals surface area contributed by atoms with E-state index in [1.165, 1.54) is 14.2 Å². The Bertz CT molecular complexity index is 2060. The van der Waals surface area contributed by atoms with Crippen LogP contribution in [-0.4, -0.2) is 93.1 Å². The molecule has 284 valence electrons. The third-order valence-electron chi connectivity index (χ3n) is 10.1. The number of aromatic nitrogens is 4. The number of benzene rings is 2. The smallest absolute Gasteiger partial charge is 0.407 e. The monoisotopic (exact) mass is 736 g/mol. The Morgan fingerprint density at radius 2 is 1.30 bits per heavy atom. The second kappa shape index (κ2) is 16.4. The minimum Gasteiger partial charge on any atom is -0.453 e. The molecule has 0 radical (unpaired) electrons. The number of amides is 4. The highest BCUT2D eigenvalue weighted by molar-refractivity contribution is 5.87. The number of likely N-dealkylation sites (tertiary alicyclic amines) is 2. The lowest BCUT2D eigenvalue weighted by Gasteiger charge is -2.30. The number of methoxy groups -OCH3 is 2. The van der Waals surface area contributed by atoms with Gasteiger partial charge >= 0.3 is 12.2 Å². The first-order chi connectivity index (χ1) is 26.0. The first-order valence-electron chi connectivity index (χ1n) is 18.4. The molecule has 54 heavy (non-hydrogen) atoms.